The fourth-order valence-electron chi connectivity index (χ4n) is 2.10. The number of likely N-dealkylation sites (N-methyl/N-ethyl adjacent to an activating group) is 1. The maximum Gasteiger partial charge on any atom is 0.416 e. The molecule has 0 radical (unpaired) electrons. The summed E-state index contributed by atoms with van der Waals surface area (Å²) in [4.78, 5) is 4.07. The number of rotatable bonds is 2. The normalized spacial score (nSPS) is 17.2. The van der Waals surface area contributed by atoms with Crippen molar-refractivity contribution in [1.82, 2.24) is 4.90 Å². The number of anilines is 1. The molecule has 0 N–H and O–H groups in total. The van der Waals surface area contributed by atoms with Gasteiger partial charge in [-0.2, -0.15) is 13.2 Å². The minimum absolute atomic E-state index is 0.430. The first kappa shape index (κ1) is 13.2. The van der Waals surface area contributed by atoms with Crippen LogP contribution in [0.5, 0.6) is 0 Å². The topological polar surface area (TPSA) is 6.48 Å². The minimum Gasteiger partial charge on any atom is -0.368 e. The van der Waals surface area contributed by atoms with Gasteiger partial charge in [-0.3, -0.25) is 0 Å². The van der Waals surface area contributed by atoms with Crippen molar-refractivity contribution < 1.29 is 13.2 Å². The van der Waals surface area contributed by atoms with E-state index in [0.29, 0.717) is 17.3 Å². The second-order valence-electron chi connectivity index (χ2n) is 5.08. The van der Waals surface area contributed by atoms with Crippen molar-refractivity contribution in [2.24, 2.45) is 0 Å². The highest BCUT2D eigenvalue weighted by molar-refractivity contribution is 5.54. The summed E-state index contributed by atoms with van der Waals surface area (Å²) in [7, 11) is 3.97. The lowest BCUT2D eigenvalue weighted by Gasteiger charge is -2.44. The molecule has 5 heteroatoms. The van der Waals surface area contributed by atoms with Crippen LogP contribution in [0.25, 0.3) is 0 Å². The Labute approximate surface area is 105 Å². The van der Waals surface area contributed by atoms with Crippen LogP contribution in [0.2, 0.25) is 0 Å². The van der Waals surface area contributed by atoms with Crippen LogP contribution < -0.4 is 4.90 Å². The maximum absolute atomic E-state index is 12.7. The molecule has 1 aromatic rings. The molecule has 1 aliphatic heterocycles. The largest absolute Gasteiger partial charge is 0.416 e. The van der Waals surface area contributed by atoms with E-state index in [1.807, 2.05) is 19.0 Å². The smallest absolute Gasteiger partial charge is 0.368 e. The van der Waals surface area contributed by atoms with E-state index < -0.39 is 11.7 Å². The van der Waals surface area contributed by atoms with Gasteiger partial charge in [-0.1, -0.05) is 0 Å². The van der Waals surface area contributed by atoms with Crippen molar-refractivity contribution >= 4 is 5.69 Å². The molecule has 18 heavy (non-hydrogen) atoms. The third-order valence-corrected chi connectivity index (χ3v) is 3.35. The van der Waals surface area contributed by atoms with Gasteiger partial charge >= 0.3 is 6.18 Å². The first-order valence-electron chi connectivity index (χ1n) is 5.87. The van der Waals surface area contributed by atoms with E-state index in [1.54, 1.807) is 13.0 Å². The van der Waals surface area contributed by atoms with E-state index in [9.17, 15) is 13.2 Å². The van der Waals surface area contributed by atoms with Gasteiger partial charge in [-0.25, -0.2) is 0 Å². The summed E-state index contributed by atoms with van der Waals surface area (Å²) in [5, 5.41) is 0. The van der Waals surface area contributed by atoms with Crippen LogP contribution in [-0.2, 0) is 6.18 Å². The Balaban J connectivity index is 2.18. The highest BCUT2D eigenvalue weighted by Crippen LogP contribution is 2.34. The summed E-state index contributed by atoms with van der Waals surface area (Å²) in [6.07, 6.45) is -4.27. The Kier molecular flexibility index (Phi) is 3.27. The van der Waals surface area contributed by atoms with E-state index in [-0.39, 0.29) is 0 Å². The first-order chi connectivity index (χ1) is 8.27. The molecule has 0 unspecified atom stereocenters. The molecule has 1 aromatic carbocycles. The standard InChI is InChI=1S/C13H17F3N2/c1-9-4-10(13(14,15)16)6-11(5-9)18-7-12(8-18)17(2)3/h4-6,12H,7-8H2,1-3H3. The molecular weight excluding hydrogens is 241 g/mol. The van der Waals surface area contributed by atoms with Gasteiger partial charge in [0.25, 0.3) is 0 Å². The Bertz CT molecular complexity index is 434. The number of hydrogen-bond donors (Lipinski definition) is 0. The Morgan fingerprint density at radius 1 is 1.17 bits per heavy atom. The van der Waals surface area contributed by atoms with E-state index >= 15 is 0 Å². The molecule has 2 nitrogen and oxygen atoms in total. The van der Waals surface area contributed by atoms with Crippen LogP contribution in [0.15, 0.2) is 18.2 Å². The molecular formula is C13H17F3N2. The molecule has 0 aromatic heterocycles. The van der Waals surface area contributed by atoms with Crippen LogP contribution in [0.3, 0.4) is 0 Å². The van der Waals surface area contributed by atoms with Crippen LogP contribution in [0.1, 0.15) is 11.1 Å². The fourth-order valence-corrected chi connectivity index (χ4v) is 2.10. The molecule has 0 amide bonds. The van der Waals surface area contributed by atoms with Gasteiger partial charge in [0, 0.05) is 24.8 Å². The van der Waals surface area contributed by atoms with Crippen molar-refractivity contribution in [3.63, 3.8) is 0 Å². The van der Waals surface area contributed by atoms with Crippen LogP contribution in [0.4, 0.5) is 18.9 Å². The summed E-state index contributed by atoms with van der Waals surface area (Å²) >= 11 is 0. The van der Waals surface area contributed by atoms with E-state index in [0.717, 1.165) is 13.1 Å². The van der Waals surface area contributed by atoms with E-state index in [4.69, 9.17) is 0 Å². The molecule has 1 fully saturated rings. The highest BCUT2D eigenvalue weighted by atomic mass is 19.4. The second-order valence-corrected chi connectivity index (χ2v) is 5.08. The van der Waals surface area contributed by atoms with Crippen molar-refractivity contribution in [2.75, 3.05) is 32.1 Å². The highest BCUT2D eigenvalue weighted by Gasteiger charge is 2.33. The van der Waals surface area contributed by atoms with Crippen molar-refractivity contribution in [1.29, 1.82) is 0 Å². The van der Waals surface area contributed by atoms with Gasteiger partial charge in [0.1, 0.15) is 0 Å². The number of aryl methyl sites for hydroxylation is 1. The van der Waals surface area contributed by atoms with E-state index in [1.165, 1.54) is 12.1 Å². The Morgan fingerprint density at radius 3 is 2.28 bits per heavy atom. The lowest BCUT2D eigenvalue weighted by atomic mass is 10.0. The molecule has 1 saturated heterocycles. The first-order valence-corrected chi connectivity index (χ1v) is 5.87. The zero-order chi connectivity index (χ0) is 13.5. The summed E-state index contributed by atoms with van der Waals surface area (Å²) < 4.78 is 38.1. The average Bonchev–Trinajstić information content (AvgIpc) is 2.11. The Morgan fingerprint density at radius 2 is 1.78 bits per heavy atom. The van der Waals surface area contributed by atoms with Crippen molar-refractivity contribution in [3.8, 4) is 0 Å². The summed E-state index contributed by atoms with van der Waals surface area (Å²) in [5.74, 6) is 0. The van der Waals surface area contributed by atoms with Crippen molar-refractivity contribution in [2.45, 2.75) is 19.1 Å². The van der Waals surface area contributed by atoms with Crippen molar-refractivity contribution in [3.05, 3.63) is 29.3 Å². The second kappa shape index (κ2) is 4.46. The Hall–Kier alpha value is -1.23. The molecule has 0 atom stereocenters. The zero-order valence-electron chi connectivity index (χ0n) is 10.8. The zero-order valence-corrected chi connectivity index (χ0v) is 10.8. The van der Waals surface area contributed by atoms with Gasteiger partial charge < -0.3 is 9.80 Å². The van der Waals surface area contributed by atoms with Gasteiger partial charge in [-0.05, 0) is 44.8 Å². The van der Waals surface area contributed by atoms with Gasteiger partial charge in [-0.15, -0.1) is 0 Å². The molecule has 100 valence electrons. The number of alkyl halides is 3. The molecule has 0 spiro atoms. The molecule has 1 aliphatic rings. The van der Waals surface area contributed by atoms with Gasteiger partial charge in [0.2, 0.25) is 0 Å². The fraction of sp³-hybridized carbons (Fsp3) is 0.538. The molecule has 1 heterocycles. The summed E-state index contributed by atoms with van der Waals surface area (Å²) in [6, 6.07) is 4.66. The number of halogens is 3. The van der Waals surface area contributed by atoms with Crippen LogP contribution >= 0.6 is 0 Å². The predicted octanol–water partition coefficient (Wildman–Crippen LogP) is 2.76. The number of nitrogens with zero attached hydrogens (tertiary/aromatic N) is 2. The molecule has 2 rings (SSSR count). The monoisotopic (exact) mass is 258 g/mol. The van der Waals surface area contributed by atoms with Gasteiger partial charge in [0.15, 0.2) is 0 Å². The van der Waals surface area contributed by atoms with Gasteiger partial charge in [0.05, 0.1) is 5.56 Å². The third kappa shape index (κ3) is 2.61. The lowest BCUT2D eigenvalue weighted by Crippen LogP contribution is -2.57. The summed E-state index contributed by atoms with van der Waals surface area (Å²) in [5.41, 5.74) is 0.749. The van der Waals surface area contributed by atoms with E-state index in [2.05, 4.69) is 4.90 Å². The number of benzene rings is 1. The quantitative estimate of drug-likeness (QED) is 0.805. The molecule has 0 bridgehead atoms. The van der Waals surface area contributed by atoms with Crippen LogP contribution in [-0.4, -0.2) is 38.1 Å². The third-order valence-electron chi connectivity index (χ3n) is 3.35. The maximum atomic E-state index is 12.7. The lowest BCUT2D eigenvalue weighted by molar-refractivity contribution is -0.137. The molecule has 0 saturated carbocycles. The number of hydrogen-bond acceptors (Lipinski definition) is 2. The molecule has 0 aliphatic carbocycles. The SMILES string of the molecule is Cc1cc(N2CC(N(C)C)C2)cc(C(F)(F)F)c1. The predicted molar refractivity (Wildman–Crippen MR) is 65.9 cm³/mol. The minimum atomic E-state index is -4.27. The summed E-state index contributed by atoms with van der Waals surface area (Å²) in [6.45, 7) is 3.27. The average molecular weight is 258 g/mol. The van der Waals surface area contributed by atoms with Crippen LogP contribution in [0, 0.1) is 6.92 Å².